The first-order chi connectivity index (χ1) is 17.5. The Hall–Kier alpha value is -3.55. The van der Waals surface area contributed by atoms with Crippen LogP contribution in [0.15, 0.2) is 72.8 Å². The number of amides is 1. The van der Waals surface area contributed by atoms with Gasteiger partial charge >= 0.3 is 12.1 Å². The fourth-order valence-electron chi connectivity index (χ4n) is 3.65. The Balaban J connectivity index is 1.69. The van der Waals surface area contributed by atoms with E-state index in [0.717, 1.165) is 16.7 Å². The predicted molar refractivity (Wildman–Crippen MR) is 143 cm³/mol. The number of carboxylic acid groups (broad SMARTS) is 1. The van der Waals surface area contributed by atoms with E-state index in [0.29, 0.717) is 29.3 Å². The molecule has 0 heterocycles. The highest BCUT2D eigenvalue weighted by atomic mass is 35.5. The molecule has 3 rings (SSSR count). The highest BCUT2D eigenvalue weighted by molar-refractivity contribution is 6.30. The van der Waals surface area contributed by atoms with E-state index in [-0.39, 0.29) is 6.54 Å². The molecule has 1 amide bonds. The second-order valence-electron chi connectivity index (χ2n) is 9.65. The van der Waals surface area contributed by atoms with Crippen molar-refractivity contribution in [2.24, 2.45) is 0 Å². The minimum Gasteiger partial charge on any atom is -0.482 e. The third-order valence-corrected chi connectivity index (χ3v) is 5.67. The summed E-state index contributed by atoms with van der Waals surface area (Å²) in [4.78, 5) is 25.2. The van der Waals surface area contributed by atoms with E-state index < -0.39 is 30.4 Å². The summed E-state index contributed by atoms with van der Waals surface area (Å²) in [6, 6.07) is 22.0. The molecule has 0 unspecified atom stereocenters. The number of carbonyl (C=O) groups is 2. The molecule has 0 spiro atoms. The first-order valence-corrected chi connectivity index (χ1v) is 12.3. The van der Waals surface area contributed by atoms with Gasteiger partial charge in [0.25, 0.3) is 0 Å². The summed E-state index contributed by atoms with van der Waals surface area (Å²) in [5.41, 5.74) is 2.81. The first-order valence-electron chi connectivity index (χ1n) is 12.0. The Morgan fingerprint density at radius 3 is 2.32 bits per heavy atom. The Morgan fingerprint density at radius 1 is 0.973 bits per heavy atom. The van der Waals surface area contributed by atoms with Crippen molar-refractivity contribution in [3.05, 3.63) is 88.9 Å². The molecule has 7 nitrogen and oxygen atoms in total. The van der Waals surface area contributed by atoms with Crippen molar-refractivity contribution in [3.63, 3.8) is 0 Å². The number of aliphatic carboxylic acids is 1. The van der Waals surface area contributed by atoms with E-state index in [2.05, 4.69) is 0 Å². The highest BCUT2D eigenvalue weighted by Crippen LogP contribution is 2.25. The molecule has 37 heavy (non-hydrogen) atoms. The summed E-state index contributed by atoms with van der Waals surface area (Å²) >= 11 is 6.06. The third kappa shape index (κ3) is 9.12. The molecule has 0 saturated carbocycles. The number of halogens is 1. The van der Waals surface area contributed by atoms with Crippen molar-refractivity contribution < 1.29 is 29.3 Å². The van der Waals surface area contributed by atoms with Gasteiger partial charge in [-0.05, 0) is 73.7 Å². The van der Waals surface area contributed by atoms with Crippen LogP contribution in [0.1, 0.15) is 38.0 Å². The number of hydrogen-bond donors (Lipinski definition) is 2. The van der Waals surface area contributed by atoms with Crippen LogP contribution in [0.5, 0.6) is 5.75 Å². The quantitative estimate of drug-likeness (QED) is 0.338. The molecule has 196 valence electrons. The third-order valence-electron chi connectivity index (χ3n) is 5.43. The van der Waals surface area contributed by atoms with E-state index in [1.54, 1.807) is 57.2 Å². The Bertz CT molecular complexity index is 1210. The number of rotatable bonds is 10. The lowest BCUT2D eigenvalue weighted by Gasteiger charge is -2.29. The average molecular weight is 526 g/mol. The molecular formula is C29H32ClNO6. The van der Waals surface area contributed by atoms with Crippen LogP contribution in [0, 0.1) is 0 Å². The van der Waals surface area contributed by atoms with Crippen LogP contribution in [-0.2, 0) is 16.0 Å². The summed E-state index contributed by atoms with van der Waals surface area (Å²) in [6.45, 7) is 5.42. The number of carboxylic acids is 1. The highest BCUT2D eigenvalue weighted by Gasteiger charge is 2.24. The lowest BCUT2D eigenvalue weighted by atomic mass is 10.0. The maximum absolute atomic E-state index is 12.9. The summed E-state index contributed by atoms with van der Waals surface area (Å²) in [6.07, 6.45) is -0.851. The van der Waals surface area contributed by atoms with E-state index in [9.17, 15) is 14.7 Å². The zero-order valence-electron chi connectivity index (χ0n) is 21.2. The van der Waals surface area contributed by atoms with Gasteiger partial charge in [0.2, 0.25) is 0 Å². The van der Waals surface area contributed by atoms with Gasteiger partial charge in [0.05, 0.1) is 12.6 Å². The molecule has 0 aliphatic rings. The van der Waals surface area contributed by atoms with E-state index in [1.165, 1.54) is 4.90 Å². The molecule has 1 atom stereocenters. The Morgan fingerprint density at radius 2 is 1.68 bits per heavy atom. The summed E-state index contributed by atoms with van der Waals surface area (Å²) in [7, 11) is 0. The van der Waals surface area contributed by atoms with Gasteiger partial charge in [-0.1, -0.05) is 60.1 Å². The van der Waals surface area contributed by atoms with Crippen molar-refractivity contribution in [2.75, 3.05) is 19.7 Å². The maximum atomic E-state index is 12.9. The predicted octanol–water partition coefficient (Wildman–Crippen LogP) is 5.98. The minimum atomic E-state index is -1.03. The van der Waals surface area contributed by atoms with E-state index in [1.807, 2.05) is 36.4 Å². The number of hydrogen-bond acceptors (Lipinski definition) is 5. The first kappa shape index (κ1) is 28.0. The molecule has 0 radical (unpaired) electrons. The van der Waals surface area contributed by atoms with Crippen LogP contribution in [0.2, 0.25) is 5.02 Å². The summed E-state index contributed by atoms with van der Waals surface area (Å²) < 4.78 is 10.8. The monoisotopic (exact) mass is 525 g/mol. The van der Waals surface area contributed by atoms with Gasteiger partial charge in [-0.3, -0.25) is 0 Å². The van der Waals surface area contributed by atoms with Gasteiger partial charge in [-0.25, -0.2) is 9.59 Å². The van der Waals surface area contributed by atoms with Crippen LogP contribution in [0.3, 0.4) is 0 Å². The molecular weight excluding hydrogens is 494 g/mol. The SMILES string of the molecule is CC(C)(C)OC(=O)N(CCc1ccc(-c2cccc(OCC(=O)O)c2)cc1)C[C@H](O)c1cccc(Cl)c1. The molecule has 8 heteroatoms. The second-order valence-corrected chi connectivity index (χ2v) is 10.1. The summed E-state index contributed by atoms with van der Waals surface area (Å²) in [5.74, 6) is -0.550. The van der Waals surface area contributed by atoms with Crippen molar-refractivity contribution in [1.82, 2.24) is 4.90 Å². The molecule has 0 saturated heterocycles. The molecule has 3 aromatic rings. The molecule has 0 bridgehead atoms. The number of carbonyl (C=O) groups excluding carboxylic acids is 1. The lowest BCUT2D eigenvalue weighted by molar-refractivity contribution is -0.139. The number of aliphatic hydroxyl groups is 1. The number of ether oxygens (including phenoxy) is 2. The van der Waals surface area contributed by atoms with Crippen LogP contribution < -0.4 is 4.74 Å². The molecule has 0 aliphatic heterocycles. The fraction of sp³-hybridized carbons (Fsp3) is 0.310. The second kappa shape index (κ2) is 12.6. The van der Waals surface area contributed by atoms with Crippen LogP contribution in [0.25, 0.3) is 11.1 Å². The standard InChI is InChI=1S/C29H32ClNO6/c1-29(2,3)37-28(35)31(18-26(32)23-7-4-8-24(30)16-23)15-14-20-10-12-21(13-11-20)22-6-5-9-25(17-22)36-19-27(33)34/h4-13,16-17,26,32H,14-15,18-19H2,1-3H3,(H,33,34)/t26-/m0/s1. The van der Waals surface area contributed by atoms with Gasteiger partial charge in [0.1, 0.15) is 11.4 Å². The zero-order chi connectivity index (χ0) is 27.0. The molecule has 2 N–H and O–H groups in total. The van der Waals surface area contributed by atoms with Gasteiger partial charge < -0.3 is 24.6 Å². The summed E-state index contributed by atoms with van der Waals surface area (Å²) in [5, 5.41) is 20.1. The number of aliphatic hydroxyl groups excluding tert-OH is 1. The largest absolute Gasteiger partial charge is 0.482 e. The molecule has 0 aliphatic carbocycles. The van der Waals surface area contributed by atoms with Crippen molar-refractivity contribution in [3.8, 4) is 16.9 Å². The van der Waals surface area contributed by atoms with Crippen molar-refractivity contribution in [1.29, 1.82) is 0 Å². The van der Waals surface area contributed by atoms with Crippen LogP contribution in [-0.4, -0.2) is 52.5 Å². The van der Waals surface area contributed by atoms with Crippen molar-refractivity contribution >= 4 is 23.7 Å². The smallest absolute Gasteiger partial charge is 0.410 e. The molecule has 0 aromatic heterocycles. The molecule has 3 aromatic carbocycles. The normalized spacial score (nSPS) is 12.0. The molecule has 0 fully saturated rings. The van der Waals surface area contributed by atoms with E-state index in [4.69, 9.17) is 26.2 Å². The van der Waals surface area contributed by atoms with Gasteiger partial charge in [0, 0.05) is 11.6 Å². The topological polar surface area (TPSA) is 96.3 Å². The Labute approximate surface area is 222 Å². The van der Waals surface area contributed by atoms with Gasteiger partial charge in [-0.15, -0.1) is 0 Å². The average Bonchev–Trinajstić information content (AvgIpc) is 2.84. The minimum absolute atomic E-state index is 0.0659. The maximum Gasteiger partial charge on any atom is 0.410 e. The number of benzene rings is 3. The van der Waals surface area contributed by atoms with Gasteiger partial charge in [0.15, 0.2) is 6.61 Å². The van der Waals surface area contributed by atoms with E-state index >= 15 is 0 Å². The lowest BCUT2D eigenvalue weighted by Crippen LogP contribution is -2.40. The Kier molecular flexibility index (Phi) is 9.55. The number of nitrogens with zero attached hydrogens (tertiary/aromatic N) is 1. The fourth-order valence-corrected chi connectivity index (χ4v) is 3.85. The van der Waals surface area contributed by atoms with Crippen molar-refractivity contribution in [2.45, 2.75) is 38.9 Å². The van der Waals surface area contributed by atoms with Crippen LogP contribution >= 0.6 is 11.6 Å². The zero-order valence-corrected chi connectivity index (χ0v) is 21.9. The van der Waals surface area contributed by atoms with Gasteiger partial charge in [-0.2, -0.15) is 0 Å². The van der Waals surface area contributed by atoms with Crippen LogP contribution in [0.4, 0.5) is 4.79 Å².